The second kappa shape index (κ2) is 10.2. The maximum atomic E-state index is 12.6. The van der Waals surface area contributed by atoms with Gasteiger partial charge in [0.2, 0.25) is 0 Å². The Labute approximate surface area is 170 Å². The molecule has 1 fully saturated rings. The molecule has 0 saturated carbocycles. The summed E-state index contributed by atoms with van der Waals surface area (Å²) in [4.78, 5) is 35.7. The average molecular weight is 404 g/mol. The van der Waals surface area contributed by atoms with Crippen LogP contribution in [0.25, 0.3) is 0 Å². The van der Waals surface area contributed by atoms with E-state index in [0.717, 1.165) is 24.0 Å². The molecule has 0 unspecified atom stereocenters. The SMILES string of the molecule is C=C1C(=O)O[C@@H]2/C=C(\C)CC/C=C(/C)C[C@@H](OC(=O)/C(=C\COC(C)=O)CO)[C@@H]12. The molecule has 0 radical (unpaired) electrons. The number of rotatable bonds is 5. The average Bonchev–Trinajstić information content (AvgIpc) is 2.91. The molecule has 0 amide bonds. The van der Waals surface area contributed by atoms with Crippen LogP contribution in [0.15, 0.2) is 47.1 Å². The molecular formula is C22H28O7. The summed E-state index contributed by atoms with van der Waals surface area (Å²) < 4.78 is 15.9. The van der Waals surface area contributed by atoms with E-state index in [4.69, 9.17) is 14.2 Å². The molecule has 3 atom stereocenters. The maximum Gasteiger partial charge on any atom is 0.336 e. The van der Waals surface area contributed by atoms with Crippen molar-refractivity contribution in [1.82, 2.24) is 0 Å². The van der Waals surface area contributed by atoms with Crippen LogP contribution in [0.4, 0.5) is 0 Å². The first-order chi connectivity index (χ1) is 13.7. The largest absolute Gasteiger partial charge is 0.462 e. The van der Waals surface area contributed by atoms with Crippen molar-refractivity contribution in [3.05, 3.63) is 47.1 Å². The van der Waals surface area contributed by atoms with E-state index in [1.807, 2.05) is 19.9 Å². The van der Waals surface area contributed by atoms with Gasteiger partial charge in [0.15, 0.2) is 0 Å². The van der Waals surface area contributed by atoms with Crippen LogP contribution in [0, 0.1) is 5.92 Å². The van der Waals surface area contributed by atoms with Gasteiger partial charge in [-0.25, -0.2) is 9.59 Å². The first-order valence-electron chi connectivity index (χ1n) is 9.59. The lowest BCUT2D eigenvalue weighted by molar-refractivity contribution is -0.148. The van der Waals surface area contributed by atoms with Gasteiger partial charge in [-0.1, -0.05) is 23.8 Å². The molecule has 158 valence electrons. The van der Waals surface area contributed by atoms with Crippen molar-refractivity contribution in [2.45, 2.75) is 52.2 Å². The van der Waals surface area contributed by atoms with Gasteiger partial charge in [-0.15, -0.1) is 0 Å². The number of fused-ring (bicyclic) bond motifs is 1. The third-order valence-corrected chi connectivity index (χ3v) is 4.97. The summed E-state index contributed by atoms with van der Waals surface area (Å²) in [6.07, 6.45) is 6.14. The molecule has 0 aromatic carbocycles. The standard InChI is InChI=1S/C22H28O7/c1-13-6-5-7-14(2)11-19(20-15(3)21(25)28-18(20)10-13)29-22(26)17(12-23)8-9-27-16(4)24/h7-8,10,18-20,23H,3,5-6,9,11-12H2,1-2,4H3/b13-10+,14-7-,17-8-/t18-,19-,20+/m1/s1. The van der Waals surface area contributed by atoms with Crippen LogP contribution >= 0.6 is 0 Å². The molecule has 1 saturated heterocycles. The Balaban J connectivity index is 2.29. The van der Waals surface area contributed by atoms with Crippen LogP contribution in [-0.2, 0) is 28.6 Å². The summed E-state index contributed by atoms with van der Waals surface area (Å²) in [5, 5.41) is 9.52. The number of hydrogen-bond donors (Lipinski definition) is 1. The Morgan fingerprint density at radius 3 is 2.72 bits per heavy atom. The highest BCUT2D eigenvalue weighted by Gasteiger charge is 2.44. The van der Waals surface area contributed by atoms with Crippen molar-refractivity contribution in [3.8, 4) is 0 Å². The Hall–Kier alpha value is -2.67. The molecule has 0 aromatic heterocycles. The summed E-state index contributed by atoms with van der Waals surface area (Å²) >= 11 is 0. The van der Waals surface area contributed by atoms with Crippen LogP contribution in [0.2, 0.25) is 0 Å². The number of carbonyl (C=O) groups excluding carboxylic acids is 3. The van der Waals surface area contributed by atoms with Crippen molar-refractivity contribution >= 4 is 17.9 Å². The molecule has 0 bridgehead atoms. The van der Waals surface area contributed by atoms with Gasteiger partial charge in [0.05, 0.1) is 18.1 Å². The maximum absolute atomic E-state index is 12.6. The Morgan fingerprint density at radius 1 is 1.34 bits per heavy atom. The van der Waals surface area contributed by atoms with Crippen LogP contribution in [0.3, 0.4) is 0 Å². The first-order valence-corrected chi connectivity index (χ1v) is 9.59. The first kappa shape index (κ1) is 22.6. The molecule has 2 rings (SSSR count). The number of hydrogen-bond acceptors (Lipinski definition) is 7. The molecule has 7 heteroatoms. The van der Waals surface area contributed by atoms with Gasteiger partial charge in [0.1, 0.15) is 18.8 Å². The second-order valence-corrected chi connectivity index (χ2v) is 7.36. The molecule has 2 aliphatic rings. The third-order valence-electron chi connectivity index (χ3n) is 4.97. The number of aliphatic hydroxyl groups excluding tert-OH is 1. The van der Waals surface area contributed by atoms with Crippen molar-refractivity contribution < 1.29 is 33.7 Å². The van der Waals surface area contributed by atoms with Crippen LogP contribution in [0.5, 0.6) is 0 Å². The number of esters is 3. The lowest BCUT2D eigenvalue weighted by Gasteiger charge is -2.27. The molecule has 0 spiro atoms. The molecule has 1 heterocycles. The highest BCUT2D eigenvalue weighted by Crippen LogP contribution is 2.36. The van der Waals surface area contributed by atoms with E-state index in [0.29, 0.717) is 6.42 Å². The fraction of sp³-hybridized carbons (Fsp3) is 0.500. The summed E-state index contributed by atoms with van der Waals surface area (Å²) in [6, 6.07) is 0. The van der Waals surface area contributed by atoms with Crippen LogP contribution in [-0.4, -0.2) is 48.4 Å². The monoisotopic (exact) mass is 404 g/mol. The van der Waals surface area contributed by atoms with Crippen molar-refractivity contribution in [1.29, 1.82) is 0 Å². The fourth-order valence-corrected chi connectivity index (χ4v) is 3.42. The van der Waals surface area contributed by atoms with E-state index in [1.165, 1.54) is 13.0 Å². The van der Waals surface area contributed by atoms with E-state index < -0.39 is 42.6 Å². The minimum Gasteiger partial charge on any atom is -0.462 e. The molecule has 1 N–H and O–H groups in total. The third kappa shape index (κ3) is 6.15. The number of ether oxygens (including phenoxy) is 3. The molecule has 1 aliphatic carbocycles. The van der Waals surface area contributed by atoms with Gasteiger partial charge < -0.3 is 19.3 Å². The zero-order valence-electron chi connectivity index (χ0n) is 17.1. The zero-order valence-corrected chi connectivity index (χ0v) is 17.1. The van der Waals surface area contributed by atoms with Crippen molar-refractivity contribution in [2.75, 3.05) is 13.2 Å². The van der Waals surface area contributed by atoms with Crippen LogP contribution in [0.1, 0.15) is 40.0 Å². The van der Waals surface area contributed by atoms with E-state index in [9.17, 15) is 19.5 Å². The van der Waals surface area contributed by atoms with Gasteiger partial charge in [-0.05, 0) is 38.8 Å². The molecule has 1 aliphatic heterocycles. The van der Waals surface area contributed by atoms with Gasteiger partial charge in [-0.3, -0.25) is 4.79 Å². The molecule has 0 aromatic rings. The smallest absolute Gasteiger partial charge is 0.336 e. The molecular weight excluding hydrogens is 376 g/mol. The highest BCUT2D eigenvalue weighted by atomic mass is 16.6. The Bertz CT molecular complexity index is 772. The zero-order chi connectivity index (χ0) is 21.6. The van der Waals surface area contributed by atoms with E-state index >= 15 is 0 Å². The topological polar surface area (TPSA) is 99.1 Å². The minimum absolute atomic E-state index is 0.0240. The van der Waals surface area contributed by atoms with Crippen LogP contribution < -0.4 is 0 Å². The summed E-state index contributed by atoms with van der Waals surface area (Å²) in [7, 11) is 0. The second-order valence-electron chi connectivity index (χ2n) is 7.36. The predicted molar refractivity (Wildman–Crippen MR) is 106 cm³/mol. The quantitative estimate of drug-likeness (QED) is 0.325. The summed E-state index contributed by atoms with van der Waals surface area (Å²) in [6.45, 7) is 8.31. The fourth-order valence-electron chi connectivity index (χ4n) is 3.42. The lowest BCUT2D eigenvalue weighted by Crippen LogP contribution is -2.34. The van der Waals surface area contributed by atoms with E-state index in [1.54, 1.807) is 0 Å². The highest BCUT2D eigenvalue weighted by molar-refractivity contribution is 5.92. The normalized spacial score (nSPS) is 29.0. The summed E-state index contributed by atoms with van der Waals surface area (Å²) in [5.41, 5.74) is 2.34. The van der Waals surface area contributed by atoms with Crippen molar-refractivity contribution in [2.24, 2.45) is 5.92 Å². The molecule has 7 nitrogen and oxygen atoms in total. The Morgan fingerprint density at radius 2 is 2.07 bits per heavy atom. The van der Waals surface area contributed by atoms with Gasteiger partial charge in [0.25, 0.3) is 0 Å². The van der Waals surface area contributed by atoms with E-state index in [-0.39, 0.29) is 17.8 Å². The minimum atomic E-state index is -0.735. The Kier molecular flexibility index (Phi) is 7.96. The van der Waals surface area contributed by atoms with Gasteiger partial charge in [0, 0.05) is 18.9 Å². The number of allylic oxidation sites excluding steroid dienone is 2. The number of carbonyl (C=O) groups is 3. The summed E-state index contributed by atoms with van der Waals surface area (Å²) in [5.74, 6) is -2.25. The predicted octanol–water partition coefficient (Wildman–Crippen LogP) is 2.55. The number of aliphatic hydroxyl groups is 1. The van der Waals surface area contributed by atoms with Gasteiger partial charge in [-0.2, -0.15) is 0 Å². The van der Waals surface area contributed by atoms with Gasteiger partial charge >= 0.3 is 17.9 Å². The van der Waals surface area contributed by atoms with Crippen molar-refractivity contribution in [3.63, 3.8) is 0 Å². The van der Waals surface area contributed by atoms with E-state index in [2.05, 4.69) is 12.7 Å². The lowest BCUT2D eigenvalue weighted by atomic mass is 9.85. The molecule has 29 heavy (non-hydrogen) atoms.